The zero-order valence-electron chi connectivity index (χ0n) is 12.9. The normalized spacial score (nSPS) is 14.1. The lowest BCUT2D eigenvalue weighted by molar-refractivity contribution is -0.0484. The summed E-state index contributed by atoms with van der Waals surface area (Å²) in [6, 6.07) is 2.44. The lowest BCUT2D eigenvalue weighted by atomic mass is 10.1. The molecule has 1 unspecified atom stereocenters. The Morgan fingerprint density at radius 2 is 1.95 bits per heavy atom. The van der Waals surface area contributed by atoms with Gasteiger partial charge in [-0.2, -0.15) is 5.10 Å². The molecule has 110 valence electrons. The molecule has 0 spiro atoms. The van der Waals surface area contributed by atoms with Gasteiger partial charge in [0.25, 0.3) is 0 Å². The van der Waals surface area contributed by atoms with Crippen LogP contribution in [-0.4, -0.2) is 33.2 Å². The van der Waals surface area contributed by atoms with E-state index in [2.05, 4.69) is 18.9 Å². The number of rotatable bonds is 7. The van der Waals surface area contributed by atoms with Crippen molar-refractivity contribution in [2.24, 2.45) is 0 Å². The van der Waals surface area contributed by atoms with Crippen LogP contribution in [0.1, 0.15) is 59.2 Å². The summed E-state index contributed by atoms with van der Waals surface area (Å²) in [5, 5.41) is 14.5. The van der Waals surface area contributed by atoms with Crippen LogP contribution in [-0.2, 0) is 11.2 Å². The molecule has 0 aliphatic rings. The van der Waals surface area contributed by atoms with Crippen molar-refractivity contribution in [3.05, 3.63) is 18.0 Å². The van der Waals surface area contributed by atoms with Crippen molar-refractivity contribution in [3.63, 3.8) is 0 Å². The number of aliphatic hydroxyl groups is 1. The Labute approximate surface area is 116 Å². The first-order valence-corrected chi connectivity index (χ1v) is 7.21. The van der Waals surface area contributed by atoms with Crippen molar-refractivity contribution < 1.29 is 9.84 Å². The van der Waals surface area contributed by atoms with Crippen molar-refractivity contribution >= 4 is 0 Å². The SMILES string of the molecule is CCC(CC)n1ccc(CC(O)COC(C)(C)C)n1. The average molecular weight is 268 g/mol. The minimum atomic E-state index is -0.496. The van der Waals surface area contributed by atoms with E-state index in [0.29, 0.717) is 19.1 Å². The quantitative estimate of drug-likeness (QED) is 0.827. The molecule has 0 bridgehead atoms. The molecule has 0 aliphatic carbocycles. The summed E-state index contributed by atoms with van der Waals surface area (Å²) in [4.78, 5) is 0. The lowest BCUT2D eigenvalue weighted by Crippen LogP contribution is -2.27. The van der Waals surface area contributed by atoms with Gasteiger partial charge in [-0.15, -0.1) is 0 Å². The molecule has 1 rings (SSSR count). The Balaban J connectivity index is 2.49. The number of hydrogen-bond acceptors (Lipinski definition) is 3. The third kappa shape index (κ3) is 5.74. The molecule has 1 aromatic rings. The Kier molecular flexibility index (Phi) is 6.01. The third-order valence-electron chi connectivity index (χ3n) is 3.13. The highest BCUT2D eigenvalue weighted by Gasteiger charge is 2.15. The van der Waals surface area contributed by atoms with E-state index in [1.807, 2.05) is 37.7 Å². The van der Waals surface area contributed by atoms with Crippen LogP contribution in [0.2, 0.25) is 0 Å². The first-order chi connectivity index (χ1) is 8.85. The molecule has 19 heavy (non-hydrogen) atoms. The van der Waals surface area contributed by atoms with E-state index in [-0.39, 0.29) is 5.60 Å². The van der Waals surface area contributed by atoms with Crippen LogP contribution in [0, 0.1) is 0 Å². The number of ether oxygens (including phenoxy) is 1. The van der Waals surface area contributed by atoms with Gasteiger partial charge in [-0.1, -0.05) is 13.8 Å². The molecule has 0 saturated heterocycles. The second-order valence-electron chi connectivity index (χ2n) is 6.04. The minimum absolute atomic E-state index is 0.212. The number of hydrogen-bond donors (Lipinski definition) is 1. The van der Waals surface area contributed by atoms with E-state index in [4.69, 9.17) is 4.74 Å². The third-order valence-corrected chi connectivity index (χ3v) is 3.13. The van der Waals surface area contributed by atoms with E-state index >= 15 is 0 Å². The van der Waals surface area contributed by atoms with Crippen molar-refractivity contribution in [1.29, 1.82) is 0 Å². The number of nitrogens with zero attached hydrogens (tertiary/aromatic N) is 2. The van der Waals surface area contributed by atoms with Gasteiger partial charge >= 0.3 is 0 Å². The molecular formula is C15H28N2O2. The Bertz CT molecular complexity index is 364. The predicted octanol–water partition coefficient (Wildman–Crippen LogP) is 2.96. The van der Waals surface area contributed by atoms with Gasteiger partial charge < -0.3 is 9.84 Å². The Morgan fingerprint density at radius 1 is 1.32 bits per heavy atom. The molecule has 0 aliphatic heterocycles. The molecule has 4 heteroatoms. The maximum atomic E-state index is 9.95. The van der Waals surface area contributed by atoms with Crippen LogP contribution < -0.4 is 0 Å². The van der Waals surface area contributed by atoms with Gasteiger partial charge in [0, 0.05) is 12.6 Å². The second-order valence-corrected chi connectivity index (χ2v) is 6.04. The van der Waals surface area contributed by atoms with Gasteiger partial charge in [-0.05, 0) is 39.7 Å². The van der Waals surface area contributed by atoms with Gasteiger partial charge in [0.2, 0.25) is 0 Å². The number of aromatic nitrogens is 2. The molecular weight excluding hydrogens is 240 g/mol. The van der Waals surface area contributed by atoms with E-state index in [9.17, 15) is 5.11 Å². The van der Waals surface area contributed by atoms with Gasteiger partial charge in [0.1, 0.15) is 0 Å². The van der Waals surface area contributed by atoms with Crippen molar-refractivity contribution in [2.75, 3.05) is 6.61 Å². The summed E-state index contributed by atoms with van der Waals surface area (Å²) in [5.74, 6) is 0. The summed E-state index contributed by atoms with van der Waals surface area (Å²) in [6.45, 7) is 10.6. The van der Waals surface area contributed by atoms with Gasteiger partial charge in [0.15, 0.2) is 0 Å². The first-order valence-electron chi connectivity index (χ1n) is 7.21. The van der Waals surface area contributed by atoms with E-state index in [1.54, 1.807) is 0 Å². The lowest BCUT2D eigenvalue weighted by Gasteiger charge is -2.21. The zero-order chi connectivity index (χ0) is 14.5. The molecule has 1 atom stereocenters. The van der Waals surface area contributed by atoms with Crippen molar-refractivity contribution in [3.8, 4) is 0 Å². The van der Waals surface area contributed by atoms with Gasteiger partial charge in [0.05, 0.1) is 30.0 Å². The zero-order valence-corrected chi connectivity index (χ0v) is 12.9. The molecule has 0 saturated carbocycles. The maximum absolute atomic E-state index is 9.95. The topological polar surface area (TPSA) is 47.3 Å². The smallest absolute Gasteiger partial charge is 0.0829 e. The maximum Gasteiger partial charge on any atom is 0.0829 e. The highest BCUT2D eigenvalue weighted by molar-refractivity contribution is 5.01. The fraction of sp³-hybridized carbons (Fsp3) is 0.800. The summed E-state index contributed by atoms with van der Waals surface area (Å²) in [5.41, 5.74) is 0.715. The molecule has 4 nitrogen and oxygen atoms in total. The largest absolute Gasteiger partial charge is 0.390 e. The highest BCUT2D eigenvalue weighted by atomic mass is 16.5. The Morgan fingerprint density at radius 3 is 2.47 bits per heavy atom. The number of aliphatic hydroxyl groups excluding tert-OH is 1. The monoisotopic (exact) mass is 268 g/mol. The fourth-order valence-corrected chi connectivity index (χ4v) is 2.00. The summed E-state index contributed by atoms with van der Waals surface area (Å²) >= 11 is 0. The molecule has 1 aromatic heterocycles. The Hall–Kier alpha value is -0.870. The van der Waals surface area contributed by atoms with Crippen molar-refractivity contribution in [1.82, 2.24) is 9.78 Å². The average Bonchev–Trinajstić information content (AvgIpc) is 2.76. The van der Waals surface area contributed by atoms with Crippen LogP contribution in [0.3, 0.4) is 0 Å². The molecule has 0 aromatic carbocycles. The van der Waals surface area contributed by atoms with Gasteiger partial charge in [-0.25, -0.2) is 0 Å². The molecule has 0 radical (unpaired) electrons. The minimum Gasteiger partial charge on any atom is -0.390 e. The molecule has 1 heterocycles. The molecule has 0 fully saturated rings. The summed E-state index contributed by atoms with van der Waals surface area (Å²) < 4.78 is 7.58. The fourth-order valence-electron chi connectivity index (χ4n) is 2.00. The van der Waals surface area contributed by atoms with E-state index < -0.39 is 6.10 Å². The van der Waals surface area contributed by atoms with Crippen LogP contribution in [0.15, 0.2) is 12.3 Å². The second kappa shape index (κ2) is 7.06. The van der Waals surface area contributed by atoms with Crippen LogP contribution in [0.5, 0.6) is 0 Å². The first kappa shape index (κ1) is 16.2. The summed E-state index contributed by atoms with van der Waals surface area (Å²) in [6.07, 6.45) is 4.21. The van der Waals surface area contributed by atoms with Crippen LogP contribution in [0.25, 0.3) is 0 Å². The van der Waals surface area contributed by atoms with Crippen LogP contribution in [0.4, 0.5) is 0 Å². The molecule has 1 N–H and O–H groups in total. The summed E-state index contributed by atoms with van der Waals surface area (Å²) in [7, 11) is 0. The van der Waals surface area contributed by atoms with E-state index in [1.165, 1.54) is 0 Å². The van der Waals surface area contributed by atoms with Gasteiger partial charge in [-0.3, -0.25) is 4.68 Å². The van der Waals surface area contributed by atoms with E-state index in [0.717, 1.165) is 18.5 Å². The van der Waals surface area contributed by atoms with Crippen LogP contribution >= 0.6 is 0 Å². The highest BCUT2D eigenvalue weighted by Crippen LogP contribution is 2.15. The van der Waals surface area contributed by atoms with Crippen molar-refractivity contribution in [2.45, 2.75) is 71.6 Å². The predicted molar refractivity (Wildman–Crippen MR) is 77.3 cm³/mol. The standard InChI is InChI=1S/C15H28N2O2/c1-6-13(7-2)17-9-8-12(16-17)10-14(18)11-19-15(3,4)5/h8-9,13-14,18H,6-7,10-11H2,1-5H3. The molecule has 0 amide bonds.